The number of hydrogen-bond donors (Lipinski definition) is 0. The lowest BCUT2D eigenvalue weighted by Crippen LogP contribution is -2.13. The molecular formula is C41H30N6O. The quantitative estimate of drug-likeness (QED) is 0.196. The number of fused-ring (bicyclic) bond motifs is 6. The molecule has 230 valence electrons. The molecule has 0 amide bonds. The molecule has 5 aromatic carbocycles. The van der Waals surface area contributed by atoms with Gasteiger partial charge < -0.3 is 8.98 Å². The maximum atomic E-state index is 6.19. The molecule has 0 bridgehead atoms. The van der Waals surface area contributed by atoms with Crippen molar-refractivity contribution < 1.29 is 4.42 Å². The Morgan fingerprint density at radius 3 is 2.21 bits per heavy atom. The Balaban J connectivity index is 1.37. The van der Waals surface area contributed by atoms with Gasteiger partial charge in [0.05, 0.1) is 23.1 Å². The van der Waals surface area contributed by atoms with E-state index in [2.05, 4.69) is 102 Å². The average molecular weight is 623 g/mol. The molecule has 0 N–H and O–H groups in total. The van der Waals surface area contributed by atoms with Crippen molar-refractivity contribution in [3.8, 4) is 5.69 Å². The molecule has 0 saturated carbocycles. The predicted octanol–water partition coefficient (Wildman–Crippen LogP) is 9.37. The monoisotopic (exact) mass is 622 g/mol. The van der Waals surface area contributed by atoms with Gasteiger partial charge in [0.1, 0.15) is 11.2 Å². The molecule has 48 heavy (non-hydrogen) atoms. The summed E-state index contributed by atoms with van der Waals surface area (Å²) >= 11 is 0. The molecule has 0 aliphatic carbocycles. The molecule has 0 spiro atoms. The van der Waals surface area contributed by atoms with Gasteiger partial charge in [0.2, 0.25) is 11.9 Å². The van der Waals surface area contributed by atoms with Crippen molar-refractivity contribution in [2.24, 2.45) is 15.0 Å². The van der Waals surface area contributed by atoms with E-state index in [9.17, 15) is 0 Å². The van der Waals surface area contributed by atoms with Gasteiger partial charge in [-0.3, -0.25) is 4.57 Å². The van der Waals surface area contributed by atoms with Gasteiger partial charge in [0.15, 0.2) is 11.4 Å². The van der Waals surface area contributed by atoms with E-state index in [-0.39, 0.29) is 6.54 Å². The highest BCUT2D eigenvalue weighted by Crippen LogP contribution is 2.39. The SMILES string of the molecule is C/C=C\c1c(C)c2ccc3c4ccccc4n(C4=NCC(c5nc6ccccc6o5)=NC(c5ccccc5)=N4)c3c2n1-c1ccccc1. The number of oxazole rings is 1. The third-order valence-electron chi connectivity index (χ3n) is 8.99. The van der Waals surface area contributed by atoms with Crippen molar-refractivity contribution in [2.45, 2.75) is 13.8 Å². The van der Waals surface area contributed by atoms with E-state index >= 15 is 0 Å². The van der Waals surface area contributed by atoms with Gasteiger partial charge >= 0.3 is 0 Å². The van der Waals surface area contributed by atoms with Crippen LogP contribution in [0.3, 0.4) is 0 Å². The van der Waals surface area contributed by atoms with E-state index in [0.29, 0.717) is 29.0 Å². The van der Waals surface area contributed by atoms with Gasteiger partial charge in [-0.15, -0.1) is 0 Å². The first-order chi connectivity index (χ1) is 23.7. The first-order valence-electron chi connectivity index (χ1n) is 16.1. The number of benzene rings is 5. The molecule has 0 unspecified atom stereocenters. The van der Waals surface area contributed by atoms with Gasteiger partial charge in [-0.05, 0) is 55.8 Å². The van der Waals surface area contributed by atoms with Crippen LogP contribution in [0.25, 0.3) is 55.6 Å². The molecule has 0 fully saturated rings. The molecule has 1 aliphatic rings. The summed E-state index contributed by atoms with van der Waals surface area (Å²) < 4.78 is 10.8. The molecule has 8 aromatic rings. The van der Waals surface area contributed by atoms with Crippen LogP contribution < -0.4 is 0 Å². The second kappa shape index (κ2) is 11.2. The average Bonchev–Trinajstić information content (AvgIpc) is 3.74. The second-order valence-corrected chi connectivity index (χ2v) is 11.9. The molecule has 4 heterocycles. The fraction of sp³-hybridized carbons (Fsp3) is 0.0732. The number of amidine groups is 1. The van der Waals surface area contributed by atoms with Gasteiger partial charge in [0.25, 0.3) is 0 Å². The fourth-order valence-electron chi connectivity index (χ4n) is 6.82. The molecule has 0 radical (unpaired) electrons. The number of aryl methyl sites for hydroxylation is 1. The third kappa shape index (κ3) is 4.36. The van der Waals surface area contributed by atoms with Crippen molar-refractivity contribution >= 4 is 67.4 Å². The normalized spacial score (nSPS) is 13.8. The highest BCUT2D eigenvalue weighted by Gasteiger charge is 2.25. The van der Waals surface area contributed by atoms with E-state index in [1.807, 2.05) is 54.6 Å². The van der Waals surface area contributed by atoms with Crippen molar-refractivity contribution in [3.63, 3.8) is 0 Å². The lowest BCUT2D eigenvalue weighted by Gasteiger charge is -2.13. The largest absolute Gasteiger partial charge is 0.435 e. The Bertz CT molecular complexity index is 2620. The lowest BCUT2D eigenvalue weighted by atomic mass is 10.1. The zero-order valence-electron chi connectivity index (χ0n) is 26.5. The van der Waals surface area contributed by atoms with Crippen LogP contribution in [0.1, 0.15) is 29.6 Å². The minimum absolute atomic E-state index is 0.245. The Hall–Kier alpha value is -6.34. The van der Waals surface area contributed by atoms with Crippen LogP contribution in [-0.4, -0.2) is 38.2 Å². The van der Waals surface area contributed by atoms with Crippen LogP contribution in [0, 0.1) is 6.92 Å². The smallest absolute Gasteiger partial charge is 0.243 e. The highest BCUT2D eigenvalue weighted by atomic mass is 16.3. The second-order valence-electron chi connectivity index (χ2n) is 11.9. The van der Waals surface area contributed by atoms with Crippen LogP contribution in [0.15, 0.2) is 147 Å². The van der Waals surface area contributed by atoms with Crippen LogP contribution in [0.5, 0.6) is 0 Å². The van der Waals surface area contributed by atoms with E-state index in [4.69, 9.17) is 24.4 Å². The third-order valence-corrected chi connectivity index (χ3v) is 8.99. The summed E-state index contributed by atoms with van der Waals surface area (Å²) in [6, 6.07) is 41.3. The van der Waals surface area contributed by atoms with Gasteiger partial charge in [-0.1, -0.05) is 97.1 Å². The number of aliphatic imine (C=N–C) groups is 3. The lowest BCUT2D eigenvalue weighted by molar-refractivity contribution is 0.589. The Morgan fingerprint density at radius 2 is 1.40 bits per heavy atom. The zero-order chi connectivity index (χ0) is 32.2. The van der Waals surface area contributed by atoms with Crippen LogP contribution in [0.2, 0.25) is 0 Å². The maximum Gasteiger partial charge on any atom is 0.243 e. The molecule has 7 nitrogen and oxygen atoms in total. The van der Waals surface area contributed by atoms with Gasteiger partial charge in [-0.25, -0.2) is 15.0 Å². The van der Waals surface area contributed by atoms with Crippen molar-refractivity contribution in [3.05, 3.63) is 150 Å². The summed E-state index contributed by atoms with van der Waals surface area (Å²) in [6.07, 6.45) is 4.29. The van der Waals surface area contributed by atoms with Crippen molar-refractivity contribution in [2.75, 3.05) is 6.54 Å². The summed E-state index contributed by atoms with van der Waals surface area (Å²) in [5.41, 5.74) is 9.59. The number of hydrogen-bond acceptors (Lipinski definition) is 5. The highest BCUT2D eigenvalue weighted by molar-refractivity contribution is 6.24. The predicted molar refractivity (Wildman–Crippen MR) is 197 cm³/mol. The van der Waals surface area contributed by atoms with Gasteiger partial charge in [-0.2, -0.15) is 4.99 Å². The number of nitrogens with zero attached hydrogens (tertiary/aromatic N) is 6. The minimum atomic E-state index is 0.245. The van der Waals surface area contributed by atoms with Crippen molar-refractivity contribution in [1.29, 1.82) is 0 Å². The number of allylic oxidation sites excluding steroid dienone is 1. The Morgan fingerprint density at radius 1 is 0.688 bits per heavy atom. The van der Waals surface area contributed by atoms with Gasteiger partial charge in [0, 0.05) is 33.1 Å². The molecule has 1 aliphatic heterocycles. The summed E-state index contributed by atoms with van der Waals surface area (Å²) in [6.45, 7) is 4.51. The Kier molecular flexibility index (Phi) is 6.50. The molecule has 7 heteroatoms. The summed E-state index contributed by atoms with van der Waals surface area (Å²) in [4.78, 5) is 20.3. The minimum Gasteiger partial charge on any atom is -0.435 e. The number of para-hydroxylation sites is 4. The van der Waals surface area contributed by atoms with E-state index < -0.39 is 0 Å². The standard InChI is InChI=1S/C41H30N6O/c1-3-14-34-26(2)29-23-24-31-30-19-10-12-21-35(30)47(38(31)37(29)46(34)28-17-8-5-9-18-28)41-42-25-33(40-44-32-20-11-13-22-36(32)48-40)43-39(45-41)27-15-6-4-7-16-27/h3-24H,25H2,1-2H3/b14-3-. The number of rotatable bonds is 4. The molecule has 0 atom stereocenters. The van der Waals surface area contributed by atoms with Crippen LogP contribution >= 0.6 is 0 Å². The van der Waals surface area contributed by atoms with E-state index in [0.717, 1.165) is 49.8 Å². The first-order valence-corrected chi connectivity index (χ1v) is 16.1. The molecule has 9 rings (SSSR count). The Labute approximate surface area is 276 Å². The van der Waals surface area contributed by atoms with E-state index in [1.165, 1.54) is 10.9 Å². The van der Waals surface area contributed by atoms with E-state index in [1.54, 1.807) is 0 Å². The number of aromatic nitrogens is 3. The first kappa shape index (κ1) is 27.9. The fourth-order valence-corrected chi connectivity index (χ4v) is 6.82. The molecular weight excluding hydrogens is 592 g/mol. The summed E-state index contributed by atoms with van der Waals surface area (Å²) in [5, 5.41) is 3.43. The molecule has 3 aromatic heterocycles. The summed E-state index contributed by atoms with van der Waals surface area (Å²) in [7, 11) is 0. The topological polar surface area (TPSA) is 73.0 Å². The summed E-state index contributed by atoms with van der Waals surface area (Å²) in [5.74, 6) is 1.54. The van der Waals surface area contributed by atoms with Crippen LogP contribution in [-0.2, 0) is 0 Å². The van der Waals surface area contributed by atoms with Crippen molar-refractivity contribution in [1.82, 2.24) is 14.1 Å². The molecule has 0 saturated heterocycles. The zero-order valence-corrected chi connectivity index (χ0v) is 26.5. The maximum absolute atomic E-state index is 6.19. The van der Waals surface area contributed by atoms with Crippen LogP contribution in [0.4, 0.5) is 0 Å².